The van der Waals surface area contributed by atoms with Crippen LogP contribution >= 0.6 is 0 Å². The minimum Gasteiger partial charge on any atom is -0.493 e. The van der Waals surface area contributed by atoms with Crippen molar-refractivity contribution in [3.63, 3.8) is 0 Å². The minimum atomic E-state index is -0.307. The van der Waals surface area contributed by atoms with Gasteiger partial charge in [-0.3, -0.25) is 14.7 Å². The zero-order valence-electron chi connectivity index (χ0n) is 21.1. The quantitative estimate of drug-likeness (QED) is 0.421. The zero-order chi connectivity index (χ0) is 25.3. The van der Waals surface area contributed by atoms with E-state index in [1.807, 2.05) is 12.1 Å². The average Bonchev–Trinajstić information content (AvgIpc) is 2.88. The Kier molecular flexibility index (Phi) is 9.03. The molecule has 1 fully saturated rings. The molecule has 0 radical (unpaired) electrons. The van der Waals surface area contributed by atoms with Gasteiger partial charge in [0, 0.05) is 49.5 Å². The lowest BCUT2D eigenvalue weighted by Gasteiger charge is -2.32. The van der Waals surface area contributed by atoms with Crippen LogP contribution in [0.2, 0.25) is 0 Å². The molecule has 2 aromatic carbocycles. The molecule has 0 unspecified atom stereocenters. The zero-order valence-corrected chi connectivity index (χ0v) is 21.1. The summed E-state index contributed by atoms with van der Waals surface area (Å²) in [5.41, 5.74) is 3.04. The van der Waals surface area contributed by atoms with Gasteiger partial charge in [-0.2, -0.15) is 0 Å². The lowest BCUT2D eigenvalue weighted by molar-refractivity contribution is 0.0908. The SMILES string of the molecule is CN(C)CCCOc1ccccc1CN1CCC(NC(=O)c2ccc(-c3cccc(F)c3)nc2)CC1. The summed E-state index contributed by atoms with van der Waals surface area (Å²) in [4.78, 5) is 21.7. The lowest BCUT2D eigenvalue weighted by atomic mass is 10.0. The van der Waals surface area contributed by atoms with Crippen LogP contribution in [-0.4, -0.2) is 67.1 Å². The number of carbonyl (C=O) groups is 1. The van der Waals surface area contributed by atoms with E-state index in [2.05, 4.69) is 46.3 Å². The molecular weight excluding hydrogens is 455 g/mol. The number of para-hydroxylation sites is 1. The molecule has 1 aromatic heterocycles. The van der Waals surface area contributed by atoms with E-state index in [-0.39, 0.29) is 17.8 Å². The fourth-order valence-corrected chi connectivity index (χ4v) is 4.43. The van der Waals surface area contributed by atoms with Gasteiger partial charge in [0.1, 0.15) is 11.6 Å². The van der Waals surface area contributed by atoms with Gasteiger partial charge in [0.25, 0.3) is 5.91 Å². The van der Waals surface area contributed by atoms with Crippen molar-refractivity contribution in [1.82, 2.24) is 20.1 Å². The van der Waals surface area contributed by atoms with Crippen LogP contribution in [0.3, 0.4) is 0 Å². The molecule has 36 heavy (non-hydrogen) atoms. The summed E-state index contributed by atoms with van der Waals surface area (Å²) in [6, 6.07) is 18.2. The van der Waals surface area contributed by atoms with Crippen LogP contribution in [0.25, 0.3) is 11.3 Å². The second-order valence-corrected chi connectivity index (χ2v) is 9.58. The molecular formula is C29H35FN4O2. The van der Waals surface area contributed by atoms with Crippen LogP contribution in [0.4, 0.5) is 4.39 Å². The van der Waals surface area contributed by atoms with Crippen LogP contribution in [0.15, 0.2) is 66.9 Å². The molecule has 1 aliphatic heterocycles. The topological polar surface area (TPSA) is 57.7 Å². The Bertz CT molecular complexity index is 1130. The molecule has 4 rings (SSSR count). The number of hydrogen-bond acceptors (Lipinski definition) is 5. The molecule has 6 nitrogen and oxygen atoms in total. The first-order valence-electron chi connectivity index (χ1n) is 12.6. The maximum Gasteiger partial charge on any atom is 0.253 e. The third-order valence-corrected chi connectivity index (χ3v) is 6.44. The van der Waals surface area contributed by atoms with Crippen molar-refractivity contribution < 1.29 is 13.9 Å². The molecule has 0 aliphatic carbocycles. The van der Waals surface area contributed by atoms with Gasteiger partial charge in [-0.15, -0.1) is 0 Å². The third kappa shape index (κ3) is 7.35. The number of ether oxygens (including phenoxy) is 1. The number of hydrogen-bond donors (Lipinski definition) is 1. The van der Waals surface area contributed by atoms with Gasteiger partial charge >= 0.3 is 0 Å². The smallest absolute Gasteiger partial charge is 0.253 e. The molecule has 0 bridgehead atoms. The molecule has 7 heteroatoms. The Labute approximate surface area is 213 Å². The summed E-state index contributed by atoms with van der Waals surface area (Å²) in [5.74, 6) is 0.530. The van der Waals surface area contributed by atoms with Crippen molar-refractivity contribution in [3.8, 4) is 17.0 Å². The van der Waals surface area contributed by atoms with Crippen molar-refractivity contribution in [2.24, 2.45) is 0 Å². The molecule has 0 spiro atoms. The highest BCUT2D eigenvalue weighted by atomic mass is 19.1. The Hall–Kier alpha value is -3.29. The van der Waals surface area contributed by atoms with E-state index < -0.39 is 0 Å². The second kappa shape index (κ2) is 12.6. The van der Waals surface area contributed by atoms with Gasteiger partial charge in [0.05, 0.1) is 17.9 Å². The van der Waals surface area contributed by atoms with Crippen LogP contribution in [0.1, 0.15) is 35.2 Å². The molecule has 3 aromatic rings. The molecule has 0 saturated carbocycles. The number of amides is 1. The van der Waals surface area contributed by atoms with Crippen molar-refractivity contribution in [1.29, 1.82) is 0 Å². The average molecular weight is 491 g/mol. The van der Waals surface area contributed by atoms with E-state index >= 15 is 0 Å². The summed E-state index contributed by atoms with van der Waals surface area (Å²) in [6.45, 7) is 4.39. The number of carbonyl (C=O) groups excluding carboxylic acids is 1. The molecule has 1 amide bonds. The number of aromatic nitrogens is 1. The third-order valence-electron chi connectivity index (χ3n) is 6.44. The highest BCUT2D eigenvalue weighted by molar-refractivity contribution is 5.94. The lowest BCUT2D eigenvalue weighted by Crippen LogP contribution is -2.44. The minimum absolute atomic E-state index is 0.122. The summed E-state index contributed by atoms with van der Waals surface area (Å²) >= 11 is 0. The predicted octanol–water partition coefficient (Wildman–Crippen LogP) is 4.61. The maximum atomic E-state index is 13.5. The van der Waals surface area contributed by atoms with E-state index in [4.69, 9.17) is 4.74 Å². The van der Waals surface area contributed by atoms with Crippen molar-refractivity contribution >= 4 is 5.91 Å². The second-order valence-electron chi connectivity index (χ2n) is 9.58. The highest BCUT2D eigenvalue weighted by Gasteiger charge is 2.22. The summed E-state index contributed by atoms with van der Waals surface area (Å²) in [5, 5.41) is 3.15. The molecule has 1 saturated heterocycles. The van der Waals surface area contributed by atoms with E-state index in [9.17, 15) is 9.18 Å². The maximum absolute atomic E-state index is 13.5. The Balaban J connectivity index is 1.25. The predicted molar refractivity (Wildman–Crippen MR) is 141 cm³/mol. The number of rotatable bonds is 10. The molecule has 1 aliphatic rings. The number of likely N-dealkylation sites (tertiary alicyclic amines) is 1. The van der Waals surface area contributed by atoms with Crippen molar-refractivity contribution in [3.05, 3.63) is 83.8 Å². The van der Waals surface area contributed by atoms with E-state index in [0.717, 1.165) is 51.2 Å². The number of halogens is 1. The summed E-state index contributed by atoms with van der Waals surface area (Å²) in [7, 11) is 4.14. The van der Waals surface area contributed by atoms with Gasteiger partial charge in [0.15, 0.2) is 0 Å². The van der Waals surface area contributed by atoms with Gasteiger partial charge in [-0.25, -0.2) is 4.39 Å². The molecule has 1 N–H and O–H groups in total. The first-order valence-corrected chi connectivity index (χ1v) is 12.6. The van der Waals surface area contributed by atoms with Crippen LogP contribution in [0.5, 0.6) is 5.75 Å². The fraction of sp³-hybridized carbons (Fsp3) is 0.379. The van der Waals surface area contributed by atoms with Crippen LogP contribution in [-0.2, 0) is 6.54 Å². The van der Waals surface area contributed by atoms with E-state index in [1.165, 1.54) is 17.7 Å². The molecule has 2 heterocycles. The van der Waals surface area contributed by atoms with Crippen molar-refractivity contribution in [2.75, 3.05) is 40.3 Å². The van der Waals surface area contributed by atoms with Gasteiger partial charge in [-0.05, 0) is 63.7 Å². The molecule has 0 atom stereocenters. The summed E-state index contributed by atoms with van der Waals surface area (Å²) < 4.78 is 19.5. The summed E-state index contributed by atoms with van der Waals surface area (Å²) in [6.07, 6.45) is 4.34. The van der Waals surface area contributed by atoms with Crippen LogP contribution in [0, 0.1) is 5.82 Å². The highest BCUT2D eigenvalue weighted by Crippen LogP contribution is 2.23. The number of nitrogens with one attached hydrogen (secondary N) is 1. The fourth-order valence-electron chi connectivity index (χ4n) is 4.43. The first kappa shape index (κ1) is 25.8. The van der Waals surface area contributed by atoms with Gasteiger partial charge < -0.3 is 15.0 Å². The number of piperidine rings is 1. The largest absolute Gasteiger partial charge is 0.493 e. The van der Waals surface area contributed by atoms with Crippen LogP contribution < -0.4 is 10.1 Å². The Morgan fingerprint density at radius 3 is 2.64 bits per heavy atom. The number of nitrogens with zero attached hydrogens (tertiary/aromatic N) is 3. The normalized spacial score (nSPS) is 14.7. The molecule has 190 valence electrons. The Morgan fingerprint density at radius 1 is 1.11 bits per heavy atom. The first-order chi connectivity index (χ1) is 17.5. The van der Waals surface area contributed by atoms with Gasteiger partial charge in [0.2, 0.25) is 0 Å². The number of benzene rings is 2. The van der Waals surface area contributed by atoms with E-state index in [0.29, 0.717) is 23.4 Å². The monoisotopic (exact) mass is 490 g/mol. The van der Waals surface area contributed by atoms with Crippen molar-refractivity contribution in [2.45, 2.75) is 31.8 Å². The standard InChI is InChI=1S/C29H35FN4O2/c1-33(2)15-6-18-36-28-10-4-3-7-24(28)21-34-16-13-26(14-17-34)32-29(35)23-11-12-27(31-20-23)22-8-5-9-25(30)19-22/h3-5,7-12,19-20,26H,6,13-18,21H2,1-2H3,(H,32,35). The Morgan fingerprint density at radius 2 is 1.92 bits per heavy atom. The van der Waals surface area contributed by atoms with Gasteiger partial charge in [-0.1, -0.05) is 30.3 Å². The number of pyridine rings is 1. The van der Waals surface area contributed by atoms with E-state index in [1.54, 1.807) is 30.5 Å².